The van der Waals surface area contributed by atoms with Gasteiger partial charge in [-0.3, -0.25) is 14.8 Å². The highest BCUT2D eigenvalue weighted by molar-refractivity contribution is 5.42. The molecule has 2 bridgehead atoms. The molecule has 2 aromatic heterocycles. The maximum absolute atomic E-state index is 13.1. The van der Waals surface area contributed by atoms with Crippen molar-refractivity contribution in [3.05, 3.63) is 63.2 Å². The van der Waals surface area contributed by atoms with Crippen LogP contribution in [0.5, 0.6) is 5.75 Å². The van der Waals surface area contributed by atoms with Crippen LogP contribution in [-0.4, -0.2) is 37.7 Å². The van der Waals surface area contributed by atoms with Gasteiger partial charge >= 0.3 is 0 Å². The maximum Gasteiger partial charge on any atom is 0.276 e. The molecule has 6 nitrogen and oxygen atoms in total. The number of hydrogen-bond acceptors (Lipinski definition) is 4. The van der Waals surface area contributed by atoms with Crippen molar-refractivity contribution in [3.63, 3.8) is 0 Å². The van der Waals surface area contributed by atoms with Crippen LogP contribution in [0.1, 0.15) is 49.2 Å². The Morgan fingerprint density at radius 3 is 2.62 bits per heavy atom. The minimum atomic E-state index is 0.0702. The molecule has 2 aliphatic rings. The van der Waals surface area contributed by atoms with Gasteiger partial charge in [-0.2, -0.15) is 0 Å². The normalized spacial score (nSPS) is 21.5. The lowest BCUT2D eigenvalue weighted by Gasteiger charge is -2.28. The monoisotopic (exact) mass is 392 g/mol. The fourth-order valence-electron chi connectivity index (χ4n) is 4.93. The minimum absolute atomic E-state index is 0.0702. The standard InChI is InChI=1S/C23H28N4O2/c1-14(2)29-19-8-4-16(5-9-19)13-26-17-6-7-18(26)12-21-20(11-17)23(28)27-22(24-21)10-15(3)25-27/h4-5,8-10,14,17-18,25H,6-7,11-13H2,1-3H3. The van der Waals surface area contributed by atoms with Crippen LogP contribution >= 0.6 is 0 Å². The molecule has 2 atom stereocenters. The van der Waals surface area contributed by atoms with E-state index in [1.54, 1.807) is 4.52 Å². The van der Waals surface area contributed by atoms with Gasteiger partial charge in [-0.25, -0.2) is 9.50 Å². The highest BCUT2D eigenvalue weighted by Crippen LogP contribution is 2.34. The summed E-state index contributed by atoms with van der Waals surface area (Å²) in [4.78, 5) is 20.5. The van der Waals surface area contributed by atoms with Gasteiger partial charge in [0.2, 0.25) is 0 Å². The molecule has 1 aromatic carbocycles. The molecule has 4 heterocycles. The molecular formula is C23H28N4O2. The van der Waals surface area contributed by atoms with Gasteiger partial charge in [-0.1, -0.05) is 12.1 Å². The quantitative estimate of drug-likeness (QED) is 0.740. The zero-order valence-corrected chi connectivity index (χ0v) is 17.3. The van der Waals surface area contributed by atoms with E-state index in [9.17, 15) is 4.79 Å². The lowest BCUT2D eigenvalue weighted by atomic mass is 9.98. The number of ether oxygens (including phenoxy) is 1. The summed E-state index contributed by atoms with van der Waals surface area (Å²) >= 11 is 0. The van der Waals surface area contributed by atoms with E-state index < -0.39 is 0 Å². The van der Waals surface area contributed by atoms with Crippen molar-refractivity contribution < 1.29 is 4.74 Å². The van der Waals surface area contributed by atoms with Gasteiger partial charge in [0, 0.05) is 42.4 Å². The number of aryl methyl sites for hydroxylation is 1. The molecule has 0 saturated carbocycles. The van der Waals surface area contributed by atoms with Crippen LogP contribution in [0.15, 0.2) is 35.1 Å². The molecule has 1 N–H and O–H groups in total. The van der Waals surface area contributed by atoms with Crippen molar-refractivity contribution in [2.45, 2.75) is 71.2 Å². The Labute approximate surface area is 170 Å². The number of nitrogens with one attached hydrogen (secondary N) is 1. The molecule has 1 fully saturated rings. The summed E-state index contributed by atoms with van der Waals surface area (Å²) in [5.74, 6) is 0.914. The summed E-state index contributed by atoms with van der Waals surface area (Å²) in [7, 11) is 0. The smallest absolute Gasteiger partial charge is 0.276 e. The average molecular weight is 393 g/mol. The number of benzene rings is 1. The largest absolute Gasteiger partial charge is 0.491 e. The Bertz CT molecular complexity index is 1100. The average Bonchev–Trinajstić information content (AvgIpc) is 3.17. The predicted octanol–water partition coefficient (Wildman–Crippen LogP) is 3.25. The van der Waals surface area contributed by atoms with Crippen LogP contribution in [0.2, 0.25) is 0 Å². The molecule has 5 rings (SSSR count). The topological polar surface area (TPSA) is 62.6 Å². The maximum atomic E-state index is 13.1. The van der Waals surface area contributed by atoms with E-state index >= 15 is 0 Å². The van der Waals surface area contributed by atoms with E-state index in [1.165, 1.54) is 12.0 Å². The Kier molecular flexibility index (Phi) is 4.46. The van der Waals surface area contributed by atoms with Crippen molar-refractivity contribution in [2.75, 3.05) is 0 Å². The summed E-state index contributed by atoms with van der Waals surface area (Å²) in [6.45, 7) is 6.95. The van der Waals surface area contributed by atoms with Crippen molar-refractivity contribution >= 4 is 5.65 Å². The predicted molar refractivity (Wildman–Crippen MR) is 113 cm³/mol. The molecule has 0 amide bonds. The molecule has 0 spiro atoms. The SMILES string of the molecule is Cc1cc2nc3c(c(=O)n2[nH]1)CC1CCC(C3)N1Cc1ccc(OC(C)C)cc1. The Balaban J connectivity index is 1.41. The van der Waals surface area contributed by atoms with Crippen molar-refractivity contribution in [1.29, 1.82) is 0 Å². The van der Waals surface area contributed by atoms with E-state index in [2.05, 4.69) is 34.3 Å². The summed E-state index contributed by atoms with van der Waals surface area (Å²) in [6.07, 6.45) is 4.14. The van der Waals surface area contributed by atoms with Crippen molar-refractivity contribution in [3.8, 4) is 5.75 Å². The summed E-state index contributed by atoms with van der Waals surface area (Å²) in [5.41, 5.74) is 4.94. The molecule has 0 aliphatic carbocycles. The lowest BCUT2D eigenvalue weighted by molar-refractivity contribution is 0.187. The second kappa shape index (κ2) is 7.02. The second-order valence-electron chi connectivity index (χ2n) is 8.75. The van der Waals surface area contributed by atoms with Crippen LogP contribution in [0.4, 0.5) is 0 Å². The Morgan fingerprint density at radius 2 is 1.90 bits per heavy atom. The first kappa shape index (κ1) is 18.4. The van der Waals surface area contributed by atoms with E-state index in [4.69, 9.17) is 9.72 Å². The number of aromatic amines is 1. The fourth-order valence-corrected chi connectivity index (χ4v) is 4.93. The number of H-pyrrole nitrogens is 1. The lowest BCUT2D eigenvalue weighted by Crippen LogP contribution is -2.36. The molecule has 1 saturated heterocycles. The number of fused-ring (bicyclic) bond motifs is 4. The molecule has 6 heteroatoms. The van der Waals surface area contributed by atoms with Crippen LogP contribution in [0.3, 0.4) is 0 Å². The first-order valence-corrected chi connectivity index (χ1v) is 10.6. The molecule has 2 unspecified atom stereocenters. The van der Waals surface area contributed by atoms with Crippen LogP contribution in [0.25, 0.3) is 5.65 Å². The molecule has 152 valence electrons. The highest BCUT2D eigenvalue weighted by atomic mass is 16.5. The third-order valence-corrected chi connectivity index (χ3v) is 6.22. The van der Waals surface area contributed by atoms with Gasteiger partial charge in [0.05, 0.1) is 11.8 Å². The summed E-state index contributed by atoms with van der Waals surface area (Å²) in [5, 5.41) is 3.13. The molecule has 2 aliphatic heterocycles. The zero-order chi connectivity index (χ0) is 20.1. The van der Waals surface area contributed by atoms with Gasteiger partial charge in [0.15, 0.2) is 5.65 Å². The Hall–Kier alpha value is -2.60. The number of nitrogens with zero attached hydrogens (tertiary/aromatic N) is 3. The van der Waals surface area contributed by atoms with Gasteiger partial charge in [-0.15, -0.1) is 0 Å². The van der Waals surface area contributed by atoms with Crippen molar-refractivity contribution in [1.82, 2.24) is 19.5 Å². The third kappa shape index (κ3) is 3.35. The first-order valence-electron chi connectivity index (χ1n) is 10.6. The third-order valence-electron chi connectivity index (χ3n) is 6.22. The van der Waals surface area contributed by atoms with Gasteiger partial charge in [-0.05, 0) is 57.7 Å². The minimum Gasteiger partial charge on any atom is -0.491 e. The number of rotatable bonds is 4. The van der Waals surface area contributed by atoms with Crippen LogP contribution < -0.4 is 10.3 Å². The molecule has 0 radical (unpaired) electrons. The van der Waals surface area contributed by atoms with E-state index in [0.29, 0.717) is 12.1 Å². The van der Waals surface area contributed by atoms with Crippen LogP contribution in [-0.2, 0) is 19.4 Å². The summed E-state index contributed by atoms with van der Waals surface area (Å²) in [6, 6.07) is 11.2. The van der Waals surface area contributed by atoms with Crippen molar-refractivity contribution in [2.24, 2.45) is 0 Å². The highest BCUT2D eigenvalue weighted by Gasteiger charge is 2.38. The van der Waals surface area contributed by atoms with E-state index in [0.717, 1.165) is 54.2 Å². The van der Waals surface area contributed by atoms with Gasteiger partial charge in [0.25, 0.3) is 5.56 Å². The summed E-state index contributed by atoms with van der Waals surface area (Å²) < 4.78 is 7.37. The van der Waals surface area contributed by atoms with Gasteiger partial charge in [0.1, 0.15) is 5.75 Å². The van der Waals surface area contributed by atoms with E-state index in [1.807, 2.05) is 26.8 Å². The number of aromatic nitrogens is 3. The molecule has 3 aromatic rings. The number of hydrogen-bond donors (Lipinski definition) is 1. The van der Waals surface area contributed by atoms with Gasteiger partial charge < -0.3 is 4.74 Å². The zero-order valence-electron chi connectivity index (χ0n) is 17.3. The first-order chi connectivity index (χ1) is 14.0. The fraction of sp³-hybridized carbons (Fsp3) is 0.478. The molecular weight excluding hydrogens is 364 g/mol. The van der Waals surface area contributed by atoms with Crippen LogP contribution in [0, 0.1) is 6.92 Å². The Morgan fingerprint density at radius 1 is 1.17 bits per heavy atom. The second-order valence-corrected chi connectivity index (χ2v) is 8.75. The van der Waals surface area contributed by atoms with E-state index in [-0.39, 0.29) is 11.7 Å². The molecule has 29 heavy (non-hydrogen) atoms.